The molecule has 88 valence electrons. The Kier molecular flexibility index (Phi) is 3.51. The number of benzene rings is 1. The fourth-order valence-corrected chi connectivity index (χ4v) is 2.27. The highest BCUT2D eigenvalue weighted by atomic mass is 32.1. The maximum absolute atomic E-state index is 10.9. The molecule has 0 bridgehead atoms. The Hall–Kier alpha value is -1.72. The van der Waals surface area contributed by atoms with Crippen LogP contribution in [0, 0.1) is 0 Å². The van der Waals surface area contributed by atoms with Crippen LogP contribution < -0.4 is 5.73 Å². The topological polar surface area (TPSA) is 76.2 Å². The number of carbonyl (C=O) groups is 1. The first-order valence-corrected chi connectivity index (χ1v) is 6.02. The van der Waals surface area contributed by atoms with E-state index in [0.29, 0.717) is 11.4 Å². The van der Waals surface area contributed by atoms with Gasteiger partial charge in [0.25, 0.3) is 5.91 Å². The molecule has 2 rings (SSSR count). The second-order valence-corrected chi connectivity index (χ2v) is 4.53. The van der Waals surface area contributed by atoms with Crippen molar-refractivity contribution in [1.29, 1.82) is 0 Å². The number of primary amides is 1. The molecule has 4 nitrogen and oxygen atoms in total. The summed E-state index contributed by atoms with van der Waals surface area (Å²) in [5.41, 5.74) is 6.33. The fraction of sp³-hybridized carbons (Fsp3) is 0.167. The van der Waals surface area contributed by atoms with Gasteiger partial charge in [0.2, 0.25) is 0 Å². The highest BCUT2D eigenvalue weighted by Gasteiger charge is 2.14. The third-order valence-electron chi connectivity index (χ3n) is 2.33. The minimum Gasteiger partial charge on any atom is -0.386 e. The molecule has 0 fully saturated rings. The molecule has 3 N–H and O–H groups in total. The first kappa shape index (κ1) is 11.8. The van der Waals surface area contributed by atoms with Crippen LogP contribution in [-0.4, -0.2) is 16.0 Å². The Morgan fingerprint density at radius 1 is 1.41 bits per heavy atom. The zero-order valence-corrected chi connectivity index (χ0v) is 9.85. The van der Waals surface area contributed by atoms with Gasteiger partial charge in [0, 0.05) is 11.8 Å². The maximum Gasteiger partial charge on any atom is 0.268 e. The Morgan fingerprint density at radius 2 is 2.12 bits per heavy atom. The molecule has 1 aromatic heterocycles. The Labute approximate surface area is 103 Å². The highest BCUT2D eigenvalue weighted by molar-refractivity contribution is 7.09. The molecule has 1 atom stereocenters. The van der Waals surface area contributed by atoms with E-state index in [1.807, 2.05) is 30.3 Å². The molecule has 0 radical (unpaired) electrons. The van der Waals surface area contributed by atoms with Crippen molar-refractivity contribution < 1.29 is 9.90 Å². The van der Waals surface area contributed by atoms with Gasteiger partial charge in [0.15, 0.2) is 0 Å². The third-order valence-corrected chi connectivity index (χ3v) is 3.28. The zero-order chi connectivity index (χ0) is 12.3. The lowest BCUT2D eigenvalue weighted by atomic mass is 10.1. The Morgan fingerprint density at radius 3 is 2.71 bits per heavy atom. The molecule has 0 aliphatic heterocycles. The van der Waals surface area contributed by atoms with Crippen LogP contribution in [0.4, 0.5) is 0 Å². The number of rotatable bonds is 4. The number of nitrogens with two attached hydrogens (primary N) is 1. The quantitative estimate of drug-likeness (QED) is 0.861. The van der Waals surface area contributed by atoms with Crippen LogP contribution in [-0.2, 0) is 6.42 Å². The molecular weight excluding hydrogens is 236 g/mol. The molecule has 0 spiro atoms. The summed E-state index contributed by atoms with van der Waals surface area (Å²) in [6.07, 6.45) is -0.220. The van der Waals surface area contributed by atoms with Gasteiger partial charge in [-0.25, -0.2) is 4.98 Å². The van der Waals surface area contributed by atoms with Gasteiger partial charge in [-0.1, -0.05) is 30.3 Å². The molecule has 2 aromatic rings. The second-order valence-electron chi connectivity index (χ2n) is 3.64. The standard InChI is InChI=1S/C12H12N2O2S/c13-11(16)9-7-17-12(14-9)10(15)6-8-4-2-1-3-5-8/h1-5,7,10,15H,6H2,(H2,13,16). The smallest absolute Gasteiger partial charge is 0.268 e. The summed E-state index contributed by atoms with van der Waals surface area (Å²) in [5.74, 6) is -0.570. The molecule has 1 heterocycles. The van der Waals surface area contributed by atoms with E-state index in [9.17, 15) is 9.90 Å². The number of aliphatic hydroxyl groups is 1. The van der Waals surface area contributed by atoms with E-state index in [1.54, 1.807) is 5.38 Å². The van der Waals surface area contributed by atoms with Gasteiger partial charge in [-0.15, -0.1) is 11.3 Å². The number of hydrogen-bond donors (Lipinski definition) is 2. The van der Waals surface area contributed by atoms with Gasteiger partial charge in [-0.05, 0) is 5.56 Å². The van der Waals surface area contributed by atoms with E-state index in [2.05, 4.69) is 4.98 Å². The van der Waals surface area contributed by atoms with Crippen molar-refractivity contribution in [2.24, 2.45) is 5.73 Å². The second kappa shape index (κ2) is 5.07. The summed E-state index contributed by atoms with van der Waals surface area (Å²) in [6.45, 7) is 0. The van der Waals surface area contributed by atoms with E-state index in [-0.39, 0.29) is 5.69 Å². The van der Waals surface area contributed by atoms with Gasteiger partial charge >= 0.3 is 0 Å². The van der Waals surface area contributed by atoms with E-state index in [1.165, 1.54) is 11.3 Å². The first-order chi connectivity index (χ1) is 8.16. The number of amides is 1. The van der Waals surface area contributed by atoms with Crippen LogP contribution >= 0.6 is 11.3 Å². The first-order valence-electron chi connectivity index (χ1n) is 5.14. The molecule has 1 aromatic carbocycles. The average molecular weight is 248 g/mol. The molecule has 0 aliphatic rings. The predicted molar refractivity (Wildman–Crippen MR) is 65.7 cm³/mol. The monoisotopic (exact) mass is 248 g/mol. The largest absolute Gasteiger partial charge is 0.386 e. The minimum atomic E-state index is -0.699. The van der Waals surface area contributed by atoms with Crippen molar-refractivity contribution in [3.05, 3.63) is 52.0 Å². The number of aromatic nitrogens is 1. The lowest BCUT2D eigenvalue weighted by molar-refractivity contribution is 0.0995. The molecule has 0 saturated carbocycles. The Bertz CT molecular complexity index is 510. The summed E-state index contributed by atoms with van der Waals surface area (Å²) in [5, 5.41) is 12.0. The maximum atomic E-state index is 10.9. The van der Waals surface area contributed by atoms with Gasteiger partial charge in [-0.3, -0.25) is 4.79 Å². The summed E-state index contributed by atoms with van der Waals surface area (Å²) in [7, 11) is 0. The lowest BCUT2D eigenvalue weighted by Gasteiger charge is -2.06. The van der Waals surface area contributed by atoms with Crippen molar-refractivity contribution >= 4 is 17.2 Å². The number of hydrogen-bond acceptors (Lipinski definition) is 4. The van der Waals surface area contributed by atoms with Crippen LogP contribution in [0.15, 0.2) is 35.7 Å². The fourth-order valence-electron chi connectivity index (χ4n) is 1.48. The molecule has 1 amide bonds. The predicted octanol–water partition coefficient (Wildman–Crippen LogP) is 1.52. The van der Waals surface area contributed by atoms with E-state index in [0.717, 1.165) is 5.56 Å². The number of carbonyl (C=O) groups excluding carboxylic acids is 1. The summed E-state index contributed by atoms with van der Waals surface area (Å²) in [6, 6.07) is 9.62. The van der Waals surface area contributed by atoms with Crippen molar-refractivity contribution in [3.8, 4) is 0 Å². The number of thiazole rings is 1. The Balaban J connectivity index is 2.09. The van der Waals surface area contributed by atoms with Crippen molar-refractivity contribution in [3.63, 3.8) is 0 Å². The van der Waals surface area contributed by atoms with Crippen LogP contribution in [0.5, 0.6) is 0 Å². The highest BCUT2D eigenvalue weighted by Crippen LogP contribution is 2.21. The molecule has 0 aliphatic carbocycles. The minimum absolute atomic E-state index is 0.206. The van der Waals surface area contributed by atoms with E-state index < -0.39 is 12.0 Å². The van der Waals surface area contributed by atoms with Gasteiger partial charge in [0.1, 0.15) is 16.8 Å². The van der Waals surface area contributed by atoms with Crippen LogP contribution in [0.2, 0.25) is 0 Å². The van der Waals surface area contributed by atoms with Gasteiger partial charge in [0.05, 0.1) is 0 Å². The lowest BCUT2D eigenvalue weighted by Crippen LogP contribution is -2.12. The zero-order valence-electron chi connectivity index (χ0n) is 9.04. The molecule has 0 saturated heterocycles. The molecule has 17 heavy (non-hydrogen) atoms. The van der Waals surface area contributed by atoms with Crippen LogP contribution in [0.3, 0.4) is 0 Å². The van der Waals surface area contributed by atoms with Gasteiger partial charge < -0.3 is 10.8 Å². The van der Waals surface area contributed by atoms with E-state index >= 15 is 0 Å². The van der Waals surface area contributed by atoms with Crippen molar-refractivity contribution in [2.45, 2.75) is 12.5 Å². The number of nitrogens with zero attached hydrogens (tertiary/aromatic N) is 1. The van der Waals surface area contributed by atoms with Crippen molar-refractivity contribution in [1.82, 2.24) is 4.98 Å². The summed E-state index contributed by atoms with van der Waals surface area (Å²) >= 11 is 1.24. The van der Waals surface area contributed by atoms with Crippen LogP contribution in [0.1, 0.15) is 27.2 Å². The molecule has 1 unspecified atom stereocenters. The molecule has 5 heteroatoms. The number of aliphatic hydroxyl groups excluding tert-OH is 1. The van der Waals surface area contributed by atoms with Crippen LogP contribution in [0.25, 0.3) is 0 Å². The summed E-state index contributed by atoms with van der Waals surface area (Å²) in [4.78, 5) is 14.9. The SMILES string of the molecule is NC(=O)c1csc(C(O)Cc2ccccc2)n1. The molecular formula is C12H12N2O2S. The van der Waals surface area contributed by atoms with Crippen molar-refractivity contribution in [2.75, 3.05) is 0 Å². The van der Waals surface area contributed by atoms with Gasteiger partial charge in [-0.2, -0.15) is 0 Å². The normalized spacial score (nSPS) is 12.3. The summed E-state index contributed by atoms with van der Waals surface area (Å²) < 4.78 is 0. The van der Waals surface area contributed by atoms with E-state index in [4.69, 9.17) is 5.73 Å². The average Bonchev–Trinajstić information content (AvgIpc) is 2.79. The third kappa shape index (κ3) is 2.89.